The molecule has 2 heteroatoms. The van der Waals surface area contributed by atoms with Gasteiger partial charge in [-0.1, -0.05) is 83.6 Å². The van der Waals surface area contributed by atoms with Crippen LogP contribution in [0.3, 0.4) is 0 Å². The molecule has 0 aromatic heterocycles. The van der Waals surface area contributed by atoms with Crippen molar-refractivity contribution in [3.05, 3.63) is 75.8 Å². The molecule has 0 heterocycles. The second-order valence-electron chi connectivity index (χ2n) is 4.27. The second kappa shape index (κ2) is 6.78. The number of hydrogen-bond acceptors (Lipinski definition) is 1. The third-order valence-corrected chi connectivity index (χ3v) is 4.05. The zero-order chi connectivity index (χ0) is 13.7. The Bertz CT molecular complexity index is 600. The van der Waals surface area contributed by atoms with Crippen molar-refractivity contribution in [3.63, 3.8) is 0 Å². The van der Waals surface area contributed by atoms with Crippen LogP contribution in [0.4, 0.5) is 0 Å². The minimum Gasteiger partial charge on any atom is -0.0795 e. The molecule has 0 fully saturated rings. The molecule has 19 heavy (non-hydrogen) atoms. The summed E-state index contributed by atoms with van der Waals surface area (Å²) < 4.78 is 1.16. The van der Waals surface area contributed by atoms with Crippen LogP contribution < -0.4 is 0 Å². The van der Waals surface area contributed by atoms with E-state index in [1.165, 1.54) is 5.56 Å². The average Bonchev–Trinajstić information content (AvgIpc) is 2.46. The van der Waals surface area contributed by atoms with Gasteiger partial charge in [0.25, 0.3) is 0 Å². The Balaban J connectivity index is 2.15. The van der Waals surface area contributed by atoms with E-state index in [0.29, 0.717) is 0 Å². The number of thiocarbonyl (C=S) groups is 1. The molecule has 0 radical (unpaired) electrons. The van der Waals surface area contributed by atoms with Crippen LogP contribution in [0.2, 0.25) is 0 Å². The summed E-state index contributed by atoms with van der Waals surface area (Å²) in [6.45, 7) is 2.15. The van der Waals surface area contributed by atoms with Crippen molar-refractivity contribution in [1.82, 2.24) is 0 Å². The Morgan fingerprint density at radius 2 is 1.89 bits per heavy atom. The average molecular weight is 331 g/mol. The van der Waals surface area contributed by atoms with Gasteiger partial charge < -0.3 is 0 Å². The molecule has 0 aliphatic rings. The van der Waals surface area contributed by atoms with Crippen molar-refractivity contribution < 1.29 is 0 Å². The van der Waals surface area contributed by atoms with Gasteiger partial charge >= 0.3 is 0 Å². The molecule has 0 N–H and O–H groups in total. The van der Waals surface area contributed by atoms with E-state index in [9.17, 15) is 0 Å². The lowest BCUT2D eigenvalue weighted by molar-refractivity contribution is 1.13. The van der Waals surface area contributed by atoms with Gasteiger partial charge in [-0.2, -0.15) is 0 Å². The topological polar surface area (TPSA) is 0 Å². The fourth-order valence-corrected chi connectivity index (χ4v) is 2.71. The lowest BCUT2D eigenvalue weighted by Gasteiger charge is -2.02. The Labute approximate surface area is 128 Å². The predicted molar refractivity (Wildman–Crippen MR) is 90.7 cm³/mol. The van der Waals surface area contributed by atoms with Gasteiger partial charge in [-0.15, -0.1) is 0 Å². The van der Waals surface area contributed by atoms with Gasteiger partial charge in [0.05, 0.1) is 0 Å². The first-order valence-electron chi connectivity index (χ1n) is 6.26. The summed E-state index contributed by atoms with van der Waals surface area (Å²) in [7, 11) is 0. The summed E-state index contributed by atoms with van der Waals surface area (Å²) in [4.78, 5) is 0.858. The highest BCUT2D eigenvalue weighted by Crippen LogP contribution is 2.20. The molecule has 0 saturated heterocycles. The molecule has 0 aliphatic carbocycles. The Morgan fingerprint density at radius 3 is 2.53 bits per heavy atom. The number of hydrogen-bond donors (Lipinski definition) is 0. The van der Waals surface area contributed by atoms with E-state index in [0.717, 1.165) is 26.9 Å². The molecular weight excluding hydrogens is 316 g/mol. The molecule has 0 unspecified atom stereocenters. The minimum absolute atomic E-state index is 0.858. The number of allylic oxidation sites excluding steroid dienone is 1. The monoisotopic (exact) mass is 330 g/mol. The van der Waals surface area contributed by atoms with Crippen LogP contribution in [0.15, 0.2) is 59.1 Å². The van der Waals surface area contributed by atoms with Crippen LogP contribution in [0.5, 0.6) is 0 Å². The molecule has 2 aromatic rings. The quantitative estimate of drug-likeness (QED) is 0.408. The molecule has 0 aliphatic heterocycles. The number of rotatable bonds is 4. The van der Waals surface area contributed by atoms with Crippen LogP contribution in [-0.4, -0.2) is 4.86 Å². The van der Waals surface area contributed by atoms with E-state index in [1.807, 2.05) is 36.4 Å². The normalized spacial score (nSPS) is 10.8. The smallest absolute Gasteiger partial charge is 0.0449 e. The van der Waals surface area contributed by atoms with Crippen LogP contribution in [0.1, 0.15) is 23.6 Å². The van der Waals surface area contributed by atoms with Crippen molar-refractivity contribution in [2.45, 2.75) is 13.3 Å². The van der Waals surface area contributed by atoms with Gasteiger partial charge in [-0.05, 0) is 35.3 Å². The molecule has 0 spiro atoms. The molecule has 0 atom stereocenters. The van der Waals surface area contributed by atoms with Gasteiger partial charge in [0, 0.05) is 9.34 Å². The van der Waals surface area contributed by atoms with E-state index in [4.69, 9.17) is 12.2 Å². The minimum atomic E-state index is 0.858. The standard InChI is InChI=1S/C17H15BrS/c1-2-14-10-8-13(12-16(14)18)9-11-17(19)15-6-4-3-5-7-15/h3-12H,2H2,1H3. The molecule has 0 nitrogen and oxygen atoms in total. The van der Waals surface area contributed by atoms with Crippen LogP contribution in [0.25, 0.3) is 6.08 Å². The Hall–Kier alpha value is -1.25. The summed E-state index contributed by atoms with van der Waals surface area (Å²) in [5, 5.41) is 0. The number of benzene rings is 2. The highest BCUT2D eigenvalue weighted by atomic mass is 79.9. The summed E-state index contributed by atoms with van der Waals surface area (Å²) in [6.07, 6.45) is 5.07. The molecule has 0 saturated carbocycles. The van der Waals surface area contributed by atoms with Gasteiger partial charge in [0.15, 0.2) is 0 Å². The third-order valence-electron chi connectivity index (χ3n) is 2.94. The zero-order valence-electron chi connectivity index (χ0n) is 10.8. The SMILES string of the molecule is CCc1ccc(C=CC(=S)c2ccccc2)cc1Br. The summed E-state index contributed by atoms with van der Waals surface area (Å²) >= 11 is 9.00. The van der Waals surface area contributed by atoms with E-state index >= 15 is 0 Å². The maximum absolute atomic E-state index is 5.40. The van der Waals surface area contributed by atoms with Crippen molar-refractivity contribution in [2.75, 3.05) is 0 Å². The second-order valence-corrected chi connectivity index (χ2v) is 5.56. The fourth-order valence-electron chi connectivity index (χ4n) is 1.82. The number of aryl methyl sites for hydroxylation is 1. The molecule has 96 valence electrons. The van der Waals surface area contributed by atoms with Crippen molar-refractivity contribution >= 4 is 39.1 Å². The Kier molecular flexibility index (Phi) is 5.06. The van der Waals surface area contributed by atoms with Crippen LogP contribution in [0, 0.1) is 0 Å². The lowest BCUT2D eigenvalue weighted by atomic mass is 10.1. The van der Waals surface area contributed by atoms with E-state index < -0.39 is 0 Å². The largest absolute Gasteiger partial charge is 0.0795 e. The van der Waals surface area contributed by atoms with Gasteiger partial charge in [0.2, 0.25) is 0 Å². The third kappa shape index (κ3) is 3.85. The van der Waals surface area contributed by atoms with Crippen molar-refractivity contribution in [2.24, 2.45) is 0 Å². The van der Waals surface area contributed by atoms with Gasteiger partial charge in [-0.25, -0.2) is 0 Å². The summed E-state index contributed by atoms with van der Waals surface area (Å²) in [5.74, 6) is 0. The predicted octanol–water partition coefficient (Wildman–Crippen LogP) is 5.44. The first kappa shape index (κ1) is 14.2. The Morgan fingerprint density at radius 1 is 1.16 bits per heavy atom. The van der Waals surface area contributed by atoms with E-state index in [2.05, 4.69) is 47.1 Å². The maximum Gasteiger partial charge on any atom is 0.0449 e. The van der Waals surface area contributed by atoms with E-state index in [-0.39, 0.29) is 0 Å². The summed E-state index contributed by atoms with van der Waals surface area (Å²) in [6, 6.07) is 16.5. The van der Waals surface area contributed by atoms with Gasteiger partial charge in [-0.3, -0.25) is 0 Å². The lowest BCUT2D eigenvalue weighted by Crippen LogP contribution is -1.91. The number of halogens is 1. The van der Waals surface area contributed by atoms with Gasteiger partial charge in [0.1, 0.15) is 0 Å². The van der Waals surface area contributed by atoms with Crippen LogP contribution >= 0.6 is 28.1 Å². The first-order chi connectivity index (χ1) is 9.20. The zero-order valence-corrected chi connectivity index (χ0v) is 13.2. The highest BCUT2D eigenvalue weighted by Gasteiger charge is 1.99. The van der Waals surface area contributed by atoms with Crippen molar-refractivity contribution in [1.29, 1.82) is 0 Å². The maximum atomic E-state index is 5.40. The molecule has 2 aromatic carbocycles. The molecule has 2 rings (SSSR count). The molecule has 0 bridgehead atoms. The molecule has 0 amide bonds. The summed E-state index contributed by atoms with van der Waals surface area (Å²) in [5.41, 5.74) is 3.56. The first-order valence-corrected chi connectivity index (χ1v) is 7.46. The van der Waals surface area contributed by atoms with E-state index in [1.54, 1.807) is 0 Å². The van der Waals surface area contributed by atoms with Crippen molar-refractivity contribution in [3.8, 4) is 0 Å². The van der Waals surface area contributed by atoms with Crippen LogP contribution in [-0.2, 0) is 6.42 Å². The fraction of sp³-hybridized carbons (Fsp3) is 0.118. The molecular formula is C17H15BrS. The highest BCUT2D eigenvalue weighted by molar-refractivity contribution is 9.10.